The average molecular weight is 703 g/mol. The summed E-state index contributed by atoms with van der Waals surface area (Å²) in [7, 11) is 0. The Morgan fingerprint density at radius 2 is 0.827 bits per heavy atom. The van der Waals surface area contributed by atoms with Crippen LogP contribution < -0.4 is 0 Å². The van der Waals surface area contributed by atoms with E-state index in [-0.39, 0.29) is 44.8 Å². The number of rotatable bonds is 2. The van der Waals surface area contributed by atoms with Crippen molar-refractivity contribution in [2.45, 2.75) is 12.4 Å². The van der Waals surface area contributed by atoms with Crippen molar-refractivity contribution in [3.63, 3.8) is 0 Å². The predicted octanol–water partition coefficient (Wildman–Crippen LogP) is 11.7. The molecule has 5 aromatic carbocycles. The van der Waals surface area contributed by atoms with Crippen LogP contribution in [-0.4, -0.2) is 0 Å². The summed E-state index contributed by atoms with van der Waals surface area (Å²) in [4.78, 5) is 6.78. The van der Waals surface area contributed by atoms with Gasteiger partial charge in [-0.3, -0.25) is 0 Å². The van der Waals surface area contributed by atoms with Gasteiger partial charge in [0.1, 0.15) is 11.6 Å². The zero-order valence-corrected chi connectivity index (χ0v) is 25.9. The molecule has 0 atom stereocenters. The van der Waals surface area contributed by atoms with Crippen molar-refractivity contribution in [3.05, 3.63) is 164 Å². The molecule has 0 amide bonds. The number of benzene rings is 5. The standard InChI is InChI=1S/C40H14F8N4/c1-51-35(17-49)37-31-11-19(21-7-23(39(43,44)45)13-25(41)9-21)3-5-27(31)29-16-34-30(15-33(29)37)28-6-4-20(12-32(28)38(34)36(18-50)52-2)22-8-24(40(46,47)48)14-26(42)10-22/h3-16H/b37-35-,38-36+. The van der Waals surface area contributed by atoms with E-state index in [0.717, 1.165) is 24.3 Å². The number of nitrogens with zero attached hydrogens (tertiary/aromatic N) is 4. The topological polar surface area (TPSA) is 56.3 Å². The Balaban J connectivity index is 1.45. The van der Waals surface area contributed by atoms with E-state index in [1.165, 1.54) is 24.3 Å². The predicted molar refractivity (Wildman–Crippen MR) is 175 cm³/mol. The first-order valence-electron chi connectivity index (χ1n) is 14.9. The Morgan fingerprint density at radius 3 is 1.15 bits per heavy atom. The highest BCUT2D eigenvalue weighted by Gasteiger charge is 2.36. The summed E-state index contributed by atoms with van der Waals surface area (Å²) in [5.74, 6) is -2.24. The molecular weight excluding hydrogens is 688 g/mol. The number of hydrogen-bond donors (Lipinski definition) is 0. The van der Waals surface area contributed by atoms with Crippen LogP contribution in [0.15, 0.2) is 96.3 Å². The first-order valence-corrected chi connectivity index (χ1v) is 14.9. The summed E-state index contributed by atoms with van der Waals surface area (Å²) >= 11 is 0. The first-order chi connectivity index (χ1) is 24.7. The van der Waals surface area contributed by atoms with Crippen LogP contribution in [0.1, 0.15) is 33.4 Å². The average Bonchev–Trinajstić information content (AvgIpc) is 3.58. The van der Waals surface area contributed by atoms with E-state index >= 15 is 0 Å². The molecule has 250 valence electrons. The molecule has 0 saturated carbocycles. The summed E-state index contributed by atoms with van der Waals surface area (Å²) in [6.45, 7) is 15.5. The zero-order chi connectivity index (χ0) is 37.3. The third-order valence-corrected chi connectivity index (χ3v) is 8.88. The highest BCUT2D eigenvalue weighted by Crippen LogP contribution is 2.54. The van der Waals surface area contributed by atoms with Crippen LogP contribution in [0.3, 0.4) is 0 Å². The molecule has 0 saturated heterocycles. The third kappa shape index (κ3) is 5.35. The lowest BCUT2D eigenvalue weighted by Gasteiger charge is -2.12. The van der Waals surface area contributed by atoms with Gasteiger partial charge in [-0.1, -0.05) is 24.3 Å². The lowest BCUT2D eigenvalue weighted by atomic mass is 9.95. The van der Waals surface area contributed by atoms with Gasteiger partial charge in [0, 0.05) is 11.1 Å². The van der Waals surface area contributed by atoms with Crippen LogP contribution in [-0.2, 0) is 12.4 Å². The number of nitriles is 2. The van der Waals surface area contributed by atoms with Crippen LogP contribution in [0.4, 0.5) is 35.1 Å². The van der Waals surface area contributed by atoms with Crippen molar-refractivity contribution < 1.29 is 35.1 Å². The van der Waals surface area contributed by atoms with Crippen molar-refractivity contribution in [1.29, 1.82) is 10.5 Å². The molecule has 0 aromatic heterocycles. The van der Waals surface area contributed by atoms with E-state index in [2.05, 4.69) is 9.69 Å². The van der Waals surface area contributed by atoms with E-state index in [1.54, 1.807) is 24.3 Å². The van der Waals surface area contributed by atoms with Crippen molar-refractivity contribution >= 4 is 11.1 Å². The van der Waals surface area contributed by atoms with Gasteiger partial charge in [0.15, 0.2) is 0 Å². The molecule has 2 aliphatic rings. The molecule has 0 aliphatic heterocycles. The number of alkyl halides is 6. The zero-order valence-electron chi connectivity index (χ0n) is 25.9. The Hall–Kier alpha value is -7.02. The van der Waals surface area contributed by atoms with Crippen molar-refractivity contribution in [1.82, 2.24) is 0 Å². The van der Waals surface area contributed by atoms with Gasteiger partial charge >= 0.3 is 12.4 Å². The van der Waals surface area contributed by atoms with Crippen molar-refractivity contribution in [2.24, 2.45) is 0 Å². The van der Waals surface area contributed by atoms with Gasteiger partial charge in [-0.2, -0.15) is 26.3 Å². The van der Waals surface area contributed by atoms with Gasteiger partial charge in [-0.05, 0) is 127 Å². The maximum Gasteiger partial charge on any atom is 0.416 e. The summed E-state index contributed by atoms with van der Waals surface area (Å²) in [5, 5.41) is 19.9. The SMILES string of the molecule is [C-]#[N+]/C(C#N)=C1/c2cc(-c3cc(F)cc(C(F)(F)F)c3)ccc2-c2cc3c(cc21)-c1ccc(-c2cc(F)cc(C(F)(F)F)c2)cc1/C3=C(/C#N)[N+]#[C-]. The lowest BCUT2D eigenvalue weighted by molar-refractivity contribution is -0.138. The Morgan fingerprint density at radius 1 is 0.462 bits per heavy atom. The number of halogens is 8. The van der Waals surface area contributed by atoms with E-state index in [4.69, 9.17) is 13.1 Å². The largest absolute Gasteiger partial charge is 0.416 e. The number of allylic oxidation sites excluding steroid dienone is 2. The minimum atomic E-state index is -4.83. The molecule has 0 radical (unpaired) electrons. The molecular formula is C40H14F8N4. The van der Waals surface area contributed by atoms with Gasteiger partial charge in [0.2, 0.25) is 0 Å². The van der Waals surface area contributed by atoms with Crippen molar-refractivity contribution in [3.8, 4) is 56.6 Å². The summed E-state index contributed by atoms with van der Waals surface area (Å²) in [5.41, 5.74) is 0.553. The number of fused-ring (bicyclic) bond motifs is 6. The second-order valence-electron chi connectivity index (χ2n) is 11.8. The summed E-state index contributed by atoms with van der Waals surface area (Å²) in [6.07, 6.45) is -9.65. The fraction of sp³-hybridized carbons (Fsp3) is 0.0500. The van der Waals surface area contributed by atoms with E-state index in [1.807, 2.05) is 12.1 Å². The Kier molecular flexibility index (Phi) is 7.60. The molecule has 0 spiro atoms. The smallest absolute Gasteiger partial charge is 0.226 e. The molecule has 5 aromatic rings. The van der Waals surface area contributed by atoms with Gasteiger partial charge in [0.05, 0.1) is 36.4 Å². The van der Waals surface area contributed by atoms with E-state index in [9.17, 15) is 45.6 Å². The second-order valence-corrected chi connectivity index (χ2v) is 11.8. The van der Waals surface area contributed by atoms with Gasteiger partial charge < -0.3 is 0 Å². The quantitative estimate of drug-likeness (QED) is 0.102. The molecule has 4 nitrogen and oxygen atoms in total. The molecule has 0 bridgehead atoms. The molecule has 0 heterocycles. The Labute approximate surface area is 289 Å². The summed E-state index contributed by atoms with van der Waals surface area (Å²) < 4.78 is 110. The van der Waals surface area contributed by atoms with Crippen LogP contribution in [0.2, 0.25) is 0 Å². The Bertz CT molecular complexity index is 2450. The molecule has 52 heavy (non-hydrogen) atoms. The molecule has 2 aliphatic carbocycles. The van der Waals surface area contributed by atoms with Crippen LogP contribution >= 0.6 is 0 Å². The lowest BCUT2D eigenvalue weighted by Crippen LogP contribution is -2.05. The van der Waals surface area contributed by atoms with Gasteiger partial charge in [0.25, 0.3) is 11.4 Å². The monoisotopic (exact) mass is 702 g/mol. The second kappa shape index (κ2) is 11.8. The number of hydrogen-bond acceptors (Lipinski definition) is 2. The first kappa shape index (κ1) is 33.5. The molecule has 7 rings (SSSR count). The fourth-order valence-corrected chi connectivity index (χ4v) is 6.70. The molecule has 0 N–H and O–H groups in total. The minimum Gasteiger partial charge on any atom is -0.226 e. The van der Waals surface area contributed by atoms with Crippen LogP contribution in [0.5, 0.6) is 0 Å². The third-order valence-electron chi connectivity index (χ3n) is 8.88. The van der Waals surface area contributed by atoms with Crippen LogP contribution in [0.25, 0.3) is 65.3 Å². The summed E-state index contributed by atoms with van der Waals surface area (Å²) in [6, 6.07) is 20.1. The van der Waals surface area contributed by atoms with Gasteiger partial charge in [-0.15, -0.1) is 0 Å². The molecule has 0 unspecified atom stereocenters. The normalized spacial score (nSPS) is 14.5. The molecule has 0 fully saturated rings. The van der Waals surface area contributed by atoms with E-state index in [0.29, 0.717) is 56.6 Å². The minimum absolute atomic E-state index is 0.0967. The van der Waals surface area contributed by atoms with Crippen molar-refractivity contribution in [2.75, 3.05) is 0 Å². The van der Waals surface area contributed by atoms with Crippen LogP contribution in [0, 0.1) is 47.4 Å². The van der Waals surface area contributed by atoms with Gasteiger partial charge in [-0.25, -0.2) is 29.0 Å². The fourth-order valence-electron chi connectivity index (χ4n) is 6.70. The highest BCUT2D eigenvalue weighted by molar-refractivity contribution is 6.11. The highest BCUT2D eigenvalue weighted by atomic mass is 19.4. The maximum atomic E-state index is 14.4. The molecule has 12 heteroatoms. The maximum absolute atomic E-state index is 14.4. The van der Waals surface area contributed by atoms with E-state index < -0.39 is 35.1 Å².